The molecule has 164 valence electrons. The SMILES string of the molecule is Cc1ccc(NC(=O)CN(C)C(=O)COC(=O)C2CCCN2C(=O)c2ccco2)cc1. The Hall–Kier alpha value is -3.62. The molecule has 1 atom stereocenters. The highest BCUT2D eigenvalue weighted by atomic mass is 16.5. The van der Waals surface area contributed by atoms with Crippen molar-refractivity contribution in [3.05, 3.63) is 54.0 Å². The van der Waals surface area contributed by atoms with Gasteiger partial charge >= 0.3 is 5.97 Å². The minimum atomic E-state index is -0.763. The number of hydrogen-bond donors (Lipinski definition) is 1. The van der Waals surface area contributed by atoms with Gasteiger partial charge in [-0.2, -0.15) is 0 Å². The maximum Gasteiger partial charge on any atom is 0.329 e. The quantitative estimate of drug-likeness (QED) is 0.676. The number of amides is 3. The van der Waals surface area contributed by atoms with Gasteiger partial charge in [0.05, 0.1) is 12.8 Å². The molecule has 1 aliphatic heterocycles. The number of benzene rings is 1. The van der Waals surface area contributed by atoms with Crippen LogP contribution in [0.1, 0.15) is 29.0 Å². The van der Waals surface area contributed by atoms with Crippen molar-refractivity contribution in [2.24, 2.45) is 0 Å². The van der Waals surface area contributed by atoms with Crippen molar-refractivity contribution in [1.82, 2.24) is 9.80 Å². The first-order valence-electron chi connectivity index (χ1n) is 9.96. The van der Waals surface area contributed by atoms with E-state index >= 15 is 0 Å². The Morgan fingerprint density at radius 1 is 1.19 bits per heavy atom. The maximum absolute atomic E-state index is 12.5. The Labute approximate surface area is 179 Å². The second-order valence-electron chi connectivity index (χ2n) is 7.41. The first-order valence-corrected chi connectivity index (χ1v) is 9.96. The number of carbonyl (C=O) groups is 4. The third-order valence-corrected chi connectivity index (χ3v) is 5.00. The normalized spacial score (nSPS) is 15.4. The van der Waals surface area contributed by atoms with Crippen LogP contribution in [0.25, 0.3) is 0 Å². The summed E-state index contributed by atoms with van der Waals surface area (Å²) in [7, 11) is 1.45. The molecule has 0 bridgehead atoms. The standard InChI is InChI=1S/C22H25N3O6/c1-15-7-9-16(10-8-15)23-19(26)13-24(2)20(27)14-31-22(29)17-5-3-11-25(17)21(28)18-6-4-12-30-18/h4,6-10,12,17H,3,5,11,13-14H2,1-2H3,(H,23,26). The molecule has 1 aromatic carbocycles. The molecular weight excluding hydrogens is 402 g/mol. The van der Waals surface area contributed by atoms with Crippen LogP contribution in [0.2, 0.25) is 0 Å². The first kappa shape index (κ1) is 22.1. The molecule has 1 aliphatic rings. The number of furan rings is 1. The Morgan fingerprint density at radius 3 is 2.61 bits per heavy atom. The minimum Gasteiger partial charge on any atom is -0.459 e. The van der Waals surface area contributed by atoms with Crippen LogP contribution in [0.5, 0.6) is 0 Å². The van der Waals surface area contributed by atoms with Crippen LogP contribution in [-0.4, -0.2) is 66.3 Å². The van der Waals surface area contributed by atoms with E-state index in [1.807, 2.05) is 19.1 Å². The number of likely N-dealkylation sites (N-methyl/N-ethyl adjacent to an activating group) is 1. The molecule has 0 spiro atoms. The molecule has 1 fully saturated rings. The van der Waals surface area contributed by atoms with E-state index in [-0.39, 0.29) is 24.1 Å². The monoisotopic (exact) mass is 427 g/mol. The third kappa shape index (κ3) is 5.71. The summed E-state index contributed by atoms with van der Waals surface area (Å²) < 4.78 is 10.2. The molecule has 1 unspecified atom stereocenters. The number of carbonyl (C=O) groups excluding carboxylic acids is 4. The predicted octanol–water partition coefficient (Wildman–Crippen LogP) is 1.83. The molecule has 1 aromatic heterocycles. The van der Waals surface area contributed by atoms with Crippen LogP contribution in [-0.2, 0) is 19.1 Å². The fraction of sp³-hybridized carbons (Fsp3) is 0.364. The minimum absolute atomic E-state index is 0.148. The van der Waals surface area contributed by atoms with Gasteiger partial charge in [-0.1, -0.05) is 17.7 Å². The molecule has 1 N–H and O–H groups in total. The summed E-state index contributed by atoms with van der Waals surface area (Å²) in [5.74, 6) is -1.77. The Bertz CT molecular complexity index is 939. The Morgan fingerprint density at radius 2 is 1.94 bits per heavy atom. The average Bonchev–Trinajstić information content (AvgIpc) is 3.45. The van der Waals surface area contributed by atoms with Gasteiger partial charge in [0.1, 0.15) is 6.04 Å². The number of nitrogens with one attached hydrogen (secondary N) is 1. The first-order chi connectivity index (χ1) is 14.8. The van der Waals surface area contributed by atoms with Crippen molar-refractivity contribution in [3.8, 4) is 0 Å². The van der Waals surface area contributed by atoms with E-state index in [0.29, 0.717) is 25.1 Å². The van der Waals surface area contributed by atoms with Crippen LogP contribution in [0, 0.1) is 6.92 Å². The van der Waals surface area contributed by atoms with Crippen molar-refractivity contribution in [2.75, 3.05) is 32.1 Å². The highest BCUT2D eigenvalue weighted by molar-refractivity contribution is 5.96. The molecule has 0 aliphatic carbocycles. The Balaban J connectivity index is 1.46. The molecule has 31 heavy (non-hydrogen) atoms. The second-order valence-corrected chi connectivity index (χ2v) is 7.41. The topological polar surface area (TPSA) is 109 Å². The van der Waals surface area contributed by atoms with Crippen LogP contribution >= 0.6 is 0 Å². The number of anilines is 1. The van der Waals surface area contributed by atoms with E-state index in [1.54, 1.807) is 18.2 Å². The van der Waals surface area contributed by atoms with Gasteiger partial charge in [0.25, 0.3) is 11.8 Å². The summed E-state index contributed by atoms with van der Waals surface area (Å²) in [6.45, 7) is 1.66. The maximum atomic E-state index is 12.5. The molecule has 2 aromatic rings. The van der Waals surface area contributed by atoms with Gasteiger partial charge < -0.3 is 24.3 Å². The fourth-order valence-electron chi connectivity index (χ4n) is 3.28. The van der Waals surface area contributed by atoms with Gasteiger partial charge in [0, 0.05) is 19.3 Å². The van der Waals surface area contributed by atoms with Gasteiger partial charge in [-0.25, -0.2) is 4.79 Å². The predicted molar refractivity (Wildman–Crippen MR) is 111 cm³/mol. The number of rotatable bonds is 7. The van der Waals surface area contributed by atoms with Crippen molar-refractivity contribution in [2.45, 2.75) is 25.8 Å². The van der Waals surface area contributed by atoms with Gasteiger partial charge in [0.2, 0.25) is 5.91 Å². The van der Waals surface area contributed by atoms with Crippen molar-refractivity contribution >= 4 is 29.4 Å². The number of ether oxygens (including phenoxy) is 1. The van der Waals surface area contributed by atoms with E-state index in [9.17, 15) is 19.2 Å². The lowest BCUT2D eigenvalue weighted by molar-refractivity contribution is -0.155. The van der Waals surface area contributed by atoms with E-state index in [0.717, 1.165) is 5.56 Å². The zero-order valence-electron chi connectivity index (χ0n) is 17.5. The van der Waals surface area contributed by atoms with Crippen LogP contribution in [0.15, 0.2) is 47.1 Å². The number of nitrogens with zero attached hydrogens (tertiary/aromatic N) is 2. The number of aryl methyl sites for hydroxylation is 1. The molecule has 9 heteroatoms. The molecular formula is C22H25N3O6. The lowest BCUT2D eigenvalue weighted by Crippen LogP contribution is -2.43. The van der Waals surface area contributed by atoms with Crippen molar-refractivity contribution in [3.63, 3.8) is 0 Å². The summed E-state index contributed by atoms with van der Waals surface area (Å²) in [4.78, 5) is 51.9. The smallest absolute Gasteiger partial charge is 0.329 e. The summed E-state index contributed by atoms with van der Waals surface area (Å²) in [5, 5.41) is 2.70. The van der Waals surface area contributed by atoms with Gasteiger partial charge in [0.15, 0.2) is 12.4 Å². The largest absolute Gasteiger partial charge is 0.459 e. The molecule has 0 saturated carbocycles. The zero-order chi connectivity index (χ0) is 22.4. The average molecular weight is 427 g/mol. The highest BCUT2D eigenvalue weighted by Gasteiger charge is 2.37. The van der Waals surface area contributed by atoms with Crippen molar-refractivity contribution in [1.29, 1.82) is 0 Å². The highest BCUT2D eigenvalue weighted by Crippen LogP contribution is 2.21. The van der Waals surface area contributed by atoms with Gasteiger partial charge in [-0.15, -0.1) is 0 Å². The van der Waals surface area contributed by atoms with Gasteiger partial charge in [-0.3, -0.25) is 14.4 Å². The second kappa shape index (κ2) is 9.92. The van der Waals surface area contributed by atoms with E-state index in [2.05, 4.69) is 5.32 Å². The Kier molecular flexibility index (Phi) is 7.07. The summed E-state index contributed by atoms with van der Waals surface area (Å²) in [6.07, 6.45) is 2.49. The number of likely N-dealkylation sites (tertiary alicyclic amines) is 1. The van der Waals surface area contributed by atoms with E-state index < -0.39 is 24.5 Å². The van der Waals surface area contributed by atoms with Crippen LogP contribution in [0.3, 0.4) is 0 Å². The lowest BCUT2D eigenvalue weighted by atomic mass is 10.2. The van der Waals surface area contributed by atoms with Crippen molar-refractivity contribution < 1.29 is 28.3 Å². The number of esters is 1. The molecule has 1 saturated heterocycles. The zero-order valence-corrected chi connectivity index (χ0v) is 17.5. The number of hydrogen-bond acceptors (Lipinski definition) is 6. The summed E-state index contributed by atoms with van der Waals surface area (Å²) >= 11 is 0. The lowest BCUT2D eigenvalue weighted by Gasteiger charge is -2.23. The molecule has 3 rings (SSSR count). The third-order valence-electron chi connectivity index (χ3n) is 5.00. The molecule has 9 nitrogen and oxygen atoms in total. The molecule has 2 heterocycles. The van der Waals surface area contributed by atoms with E-state index in [4.69, 9.17) is 9.15 Å². The summed E-state index contributed by atoms with van der Waals surface area (Å²) in [5.41, 5.74) is 1.70. The molecule has 0 radical (unpaired) electrons. The van der Waals surface area contributed by atoms with Crippen LogP contribution in [0.4, 0.5) is 5.69 Å². The van der Waals surface area contributed by atoms with Gasteiger partial charge in [-0.05, 0) is 44.0 Å². The summed E-state index contributed by atoms with van der Waals surface area (Å²) in [6, 6.07) is 9.64. The fourth-order valence-corrected chi connectivity index (χ4v) is 3.28. The van der Waals surface area contributed by atoms with Crippen LogP contribution < -0.4 is 5.32 Å². The van der Waals surface area contributed by atoms with E-state index in [1.165, 1.54) is 29.2 Å². The molecule has 3 amide bonds.